The number of hydrogen-bond donors (Lipinski definition) is 0. The molecule has 1 aliphatic carbocycles. The Morgan fingerprint density at radius 3 is 2.38 bits per heavy atom. The Hall–Kier alpha value is -2.60. The van der Waals surface area contributed by atoms with Crippen LogP contribution in [0.5, 0.6) is 5.75 Å². The van der Waals surface area contributed by atoms with Gasteiger partial charge in [-0.1, -0.05) is 45.4 Å². The lowest BCUT2D eigenvalue weighted by molar-refractivity contribution is 0.0734. The Morgan fingerprint density at radius 2 is 1.79 bits per heavy atom. The fraction of sp³-hybridized carbons (Fsp3) is 0.462. The number of nitriles is 1. The van der Waals surface area contributed by atoms with Gasteiger partial charge in [0.1, 0.15) is 11.8 Å². The van der Waals surface area contributed by atoms with Crippen molar-refractivity contribution in [1.82, 2.24) is 0 Å². The van der Waals surface area contributed by atoms with E-state index in [1.54, 1.807) is 6.07 Å². The lowest BCUT2D eigenvalue weighted by Gasteiger charge is -2.28. The summed E-state index contributed by atoms with van der Waals surface area (Å²) in [5.74, 6) is 1.89. The highest BCUT2D eigenvalue weighted by Gasteiger charge is 2.21. The van der Waals surface area contributed by atoms with Crippen LogP contribution in [0.3, 0.4) is 0 Å². The highest BCUT2D eigenvalue weighted by Crippen LogP contribution is 2.37. The minimum atomic E-state index is -0.417. The summed E-state index contributed by atoms with van der Waals surface area (Å²) in [5, 5.41) is 9.44. The van der Waals surface area contributed by atoms with Gasteiger partial charge in [0, 0.05) is 0 Å². The number of benzene rings is 2. The molecule has 1 aliphatic rings. The Labute approximate surface area is 174 Å². The van der Waals surface area contributed by atoms with E-state index in [0.29, 0.717) is 28.7 Å². The van der Waals surface area contributed by atoms with Crippen molar-refractivity contribution in [3.63, 3.8) is 0 Å². The van der Waals surface area contributed by atoms with Crippen molar-refractivity contribution in [3.8, 4) is 11.8 Å². The molecule has 0 aliphatic heterocycles. The minimum Gasteiger partial charge on any atom is -0.422 e. The molecule has 0 N–H and O–H groups in total. The largest absolute Gasteiger partial charge is 0.422 e. The molecule has 2 aromatic rings. The smallest absolute Gasteiger partial charge is 0.343 e. The van der Waals surface area contributed by atoms with Crippen LogP contribution < -0.4 is 4.74 Å². The zero-order chi connectivity index (χ0) is 20.8. The third kappa shape index (κ3) is 5.48. The van der Waals surface area contributed by atoms with Crippen molar-refractivity contribution in [2.24, 2.45) is 11.8 Å². The van der Waals surface area contributed by atoms with E-state index >= 15 is 0 Å². The Kier molecular flexibility index (Phi) is 7.09. The summed E-state index contributed by atoms with van der Waals surface area (Å²) < 4.78 is 5.53. The van der Waals surface area contributed by atoms with Gasteiger partial charge < -0.3 is 4.74 Å². The van der Waals surface area contributed by atoms with E-state index in [9.17, 15) is 10.1 Å². The van der Waals surface area contributed by atoms with Crippen molar-refractivity contribution >= 4 is 5.97 Å². The summed E-state index contributed by atoms with van der Waals surface area (Å²) in [5.41, 5.74) is 3.32. The predicted octanol–water partition coefficient (Wildman–Crippen LogP) is 6.66. The Balaban J connectivity index is 1.66. The van der Waals surface area contributed by atoms with Crippen molar-refractivity contribution in [3.05, 3.63) is 64.7 Å². The molecule has 0 spiro atoms. The molecule has 3 nitrogen and oxygen atoms in total. The van der Waals surface area contributed by atoms with Crippen molar-refractivity contribution in [2.45, 2.75) is 65.2 Å². The second-order valence-corrected chi connectivity index (χ2v) is 8.68. The number of hydrogen-bond acceptors (Lipinski definition) is 3. The summed E-state index contributed by atoms with van der Waals surface area (Å²) in [6.07, 6.45) is 7.24. The van der Waals surface area contributed by atoms with Gasteiger partial charge in [-0.2, -0.15) is 5.26 Å². The summed E-state index contributed by atoms with van der Waals surface area (Å²) in [6.45, 7) is 6.55. The van der Waals surface area contributed by atoms with Gasteiger partial charge in [-0.15, -0.1) is 0 Å². The van der Waals surface area contributed by atoms with Gasteiger partial charge in [-0.05, 0) is 85.3 Å². The van der Waals surface area contributed by atoms with Gasteiger partial charge in [0.2, 0.25) is 0 Å². The molecule has 0 aromatic heterocycles. The first-order chi connectivity index (χ1) is 14.0. The normalized spacial score (nSPS) is 19.0. The molecule has 29 heavy (non-hydrogen) atoms. The molecule has 0 unspecified atom stereocenters. The van der Waals surface area contributed by atoms with Crippen LogP contribution in [0.15, 0.2) is 42.5 Å². The van der Waals surface area contributed by atoms with Gasteiger partial charge in [0.15, 0.2) is 0 Å². The molecule has 0 atom stereocenters. The van der Waals surface area contributed by atoms with Crippen LogP contribution >= 0.6 is 0 Å². The first-order valence-electron chi connectivity index (χ1n) is 10.8. The van der Waals surface area contributed by atoms with Gasteiger partial charge in [-0.25, -0.2) is 4.79 Å². The molecular weight excluding hydrogens is 358 g/mol. The van der Waals surface area contributed by atoms with Gasteiger partial charge in [0.25, 0.3) is 0 Å². The highest BCUT2D eigenvalue weighted by atomic mass is 16.5. The van der Waals surface area contributed by atoms with E-state index in [0.717, 1.165) is 17.9 Å². The van der Waals surface area contributed by atoms with Crippen LogP contribution in [-0.4, -0.2) is 5.97 Å². The predicted molar refractivity (Wildman–Crippen MR) is 116 cm³/mol. The van der Waals surface area contributed by atoms with Gasteiger partial charge in [-0.3, -0.25) is 0 Å². The molecule has 1 saturated carbocycles. The van der Waals surface area contributed by atoms with E-state index in [4.69, 9.17) is 4.74 Å². The van der Waals surface area contributed by atoms with E-state index in [1.165, 1.54) is 37.7 Å². The molecule has 0 amide bonds. The molecule has 3 heteroatoms. The standard InChI is InChI=1S/C26H31NO2/c1-4-19-5-8-21(9-6-19)22-10-12-23(13-11-22)26(28)29-25-14-7-20(15-18(2)3)16-24(25)17-27/h7,10-14,16,18-19,21H,4-6,8-9,15H2,1-3H3. The first-order valence-corrected chi connectivity index (χ1v) is 10.8. The summed E-state index contributed by atoms with van der Waals surface area (Å²) >= 11 is 0. The van der Waals surface area contributed by atoms with Crippen molar-refractivity contribution in [1.29, 1.82) is 5.26 Å². The number of esters is 1. The molecule has 152 valence electrons. The van der Waals surface area contributed by atoms with Gasteiger partial charge in [0.05, 0.1) is 11.1 Å². The third-order valence-electron chi connectivity index (χ3n) is 6.05. The zero-order valence-electron chi connectivity index (χ0n) is 17.8. The number of nitrogens with zero attached hydrogens (tertiary/aromatic N) is 1. The maximum Gasteiger partial charge on any atom is 0.343 e. The maximum absolute atomic E-state index is 12.6. The van der Waals surface area contributed by atoms with Crippen LogP contribution in [0.25, 0.3) is 0 Å². The number of rotatable bonds is 6. The molecule has 2 aromatic carbocycles. The Morgan fingerprint density at radius 1 is 1.10 bits per heavy atom. The van der Waals surface area contributed by atoms with Crippen LogP contribution in [-0.2, 0) is 6.42 Å². The van der Waals surface area contributed by atoms with Crippen LogP contribution in [0.1, 0.15) is 85.8 Å². The minimum absolute atomic E-state index is 0.326. The average molecular weight is 390 g/mol. The van der Waals surface area contributed by atoms with E-state index in [2.05, 4.69) is 39.0 Å². The van der Waals surface area contributed by atoms with Crippen molar-refractivity contribution < 1.29 is 9.53 Å². The quantitative estimate of drug-likeness (QED) is 0.410. The number of ether oxygens (including phenoxy) is 1. The molecular formula is C26H31NO2. The average Bonchev–Trinajstić information content (AvgIpc) is 2.74. The highest BCUT2D eigenvalue weighted by molar-refractivity contribution is 5.91. The molecule has 0 radical (unpaired) electrons. The van der Waals surface area contributed by atoms with Crippen LogP contribution in [0.4, 0.5) is 0 Å². The Bertz CT molecular complexity index is 869. The maximum atomic E-state index is 12.6. The summed E-state index contributed by atoms with van der Waals surface area (Å²) in [7, 11) is 0. The summed E-state index contributed by atoms with van der Waals surface area (Å²) in [6, 6.07) is 15.4. The van der Waals surface area contributed by atoms with E-state index in [-0.39, 0.29) is 0 Å². The monoisotopic (exact) mass is 389 g/mol. The van der Waals surface area contributed by atoms with E-state index in [1.807, 2.05) is 24.3 Å². The molecule has 0 heterocycles. The summed E-state index contributed by atoms with van der Waals surface area (Å²) in [4.78, 5) is 12.6. The number of carbonyl (C=O) groups is 1. The van der Waals surface area contributed by atoms with Crippen LogP contribution in [0.2, 0.25) is 0 Å². The second kappa shape index (κ2) is 9.74. The van der Waals surface area contributed by atoms with E-state index < -0.39 is 5.97 Å². The lowest BCUT2D eigenvalue weighted by atomic mass is 9.78. The first kappa shape index (κ1) is 21.1. The molecule has 0 bridgehead atoms. The zero-order valence-corrected chi connectivity index (χ0v) is 17.8. The fourth-order valence-corrected chi connectivity index (χ4v) is 4.31. The molecule has 0 saturated heterocycles. The number of carbonyl (C=O) groups excluding carboxylic acids is 1. The third-order valence-corrected chi connectivity index (χ3v) is 6.05. The fourth-order valence-electron chi connectivity index (χ4n) is 4.31. The molecule has 3 rings (SSSR count). The lowest BCUT2D eigenvalue weighted by Crippen LogP contribution is -2.13. The molecule has 1 fully saturated rings. The SMILES string of the molecule is CCC1CCC(c2ccc(C(=O)Oc3ccc(CC(C)C)cc3C#N)cc2)CC1. The van der Waals surface area contributed by atoms with Crippen molar-refractivity contribution in [2.75, 3.05) is 0 Å². The topological polar surface area (TPSA) is 50.1 Å². The second-order valence-electron chi connectivity index (χ2n) is 8.68. The van der Waals surface area contributed by atoms with Gasteiger partial charge >= 0.3 is 5.97 Å². The van der Waals surface area contributed by atoms with Crippen LogP contribution in [0, 0.1) is 23.2 Å².